The number of rotatable bonds is 1. The summed E-state index contributed by atoms with van der Waals surface area (Å²) in [6.07, 6.45) is 0. The van der Waals surface area contributed by atoms with Crippen molar-refractivity contribution < 1.29 is 17.4 Å². The third kappa shape index (κ3) is 1.46. The van der Waals surface area contributed by atoms with E-state index in [1.54, 1.807) is 0 Å². The monoisotopic (exact) mass is 282 g/mol. The van der Waals surface area contributed by atoms with Crippen LogP contribution in [-0.4, -0.2) is 35.9 Å². The fourth-order valence-electron chi connectivity index (χ4n) is 1.02. The van der Waals surface area contributed by atoms with Gasteiger partial charge in [-0.25, -0.2) is 0 Å². The van der Waals surface area contributed by atoms with Crippen molar-refractivity contribution in [2.75, 3.05) is 0 Å². The normalized spacial score (nSPS) is 12.1. The average Bonchev–Trinajstić information content (AvgIpc) is 2.50. The Morgan fingerprint density at radius 3 is 2.57 bits per heavy atom. The molecule has 74 valence electrons. The molecule has 1 heterocycles. The standard InChI is InChI=1S/C6H3FN2O3SSe/c7-3-1-2-4(13(10,11)12)6-5(3)8-14-9-6/h1-2H,(H,10,11,12). The van der Waals surface area contributed by atoms with Crippen molar-refractivity contribution in [3.8, 4) is 0 Å². The summed E-state index contributed by atoms with van der Waals surface area (Å²) in [5.74, 6) is -0.629. The predicted molar refractivity (Wildman–Crippen MR) is 46.3 cm³/mol. The van der Waals surface area contributed by atoms with Gasteiger partial charge in [0.15, 0.2) is 0 Å². The predicted octanol–water partition coefficient (Wildman–Crippen LogP) is 0.0726. The van der Waals surface area contributed by atoms with E-state index in [0.29, 0.717) is 0 Å². The first-order valence-electron chi connectivity index (χ1n) is 3.38. The molecule has 0 spiro atoms. The molecule has 5 nitrogen and oxygen atoms in total. The quantitative estimate of drug-likeness (QED) is 0.591. The topological polar surface area (TPSA) is 80.2 Å². The summed E-state index contributed by atoms with van der Waals surface area (Å²) >= 11 is -0.538. The molecule has 2 rings (SSSR count). The molecule has 0 amide bonds. The van der Waals surface area contributed by atoms with Gasteiger partial charge < -0.3 is 0 Å². The molecular weight excluding hydrogens is 278 g/mol. The Balaban J connectivity index is 2.93. The zero-order valence-electron chi connectivity index (χ0n) is 6.51. The number of hydrogen-bond acceptors (Lipinski definition) is 4. The zero-order valence-corrected chi connectivity index (χ0v) is 9.04. The second kappa shape index (κ2) is 3.09. The summed E-state index contributed by atoms with van der Waals surface area (Å²) in [4.78, 5) is -0.392. The van der Waals surface area contributed by atoms with E-state index >= 15 is 0 Å². The first kappa shape index (κ1) is 9.72. The maximum atomic E-state index is 13.0. The van der Waals surface area contributed by atoms with Crippen LogP contribution in [-0.2, 0) is 10.1 Å². The molecule has 0 radical (unpaired) electrons. The molecule has 0 unspecified atom stereocenters. The van der Waals surface area contributed by atoms with Gasteiger partial charge in [0.2, 0.25) is 0 Å². The molecule has 1 aromatic heterocycles. The first-order chi connectivity index (χ1) is 6.50. The molecule has 1 N–H and O–H groups in total. The summed E-state index contributed by atoms with van der Waals surface area (Å²) in [5.41, 5.74) is -0.160. The van der Waals surface area contributed by atoms with Crippen LogP contribution in [0.2, 0.25) is 0 Å². The van der Waals surface area contributed by atoms with Crippen molar-refractivity contribution in [1.29, 1.82) is 0 Å². The molecule has 0 fully saturated rings. The third-order valence-electron chi connectivity index (χ3n) is 1.61. The SMILES string of the molecule is O=S(=O)(O)c1ccc(F)c2n[se]nc12. The number of benzene rings is 1. The Kier molecular flexibility index (Phi) is 2.15. The van der Waals surface area contributed by atoms with Crippen LogP contribution in [0.5, 0.6) is 0 Å². The number of nitrogens with zero attached hydrogens (tertiary/aromatic N) is 2. The Morgan fingerprint density at radius 1 is 1.29 bits per heavy atom. The summed E-state index contributed by atoms with van der Waals surface area (Å²) in [6, 6.07) is 1.92. The van der Waals surface area contributed by atoms with Gasteiger partial charge in [-0.3, -0.25) is 0 Å². The van der Waals surface area contributed by atoms with Crippen LogP contribution in [0.3, 0.4) is 0 Å². The molecule has 8 heteroatoms. The zero-order chi connectivity index (χ0) is 10.3. The maximum absolute atomic E-state index is 13.0. The van der Waals surface area contributed by atoms with E-state index in [1.165, 1.54) is 0 Å². The molecule has 0 atom stereocenters. The van der Waals surface area contributed by atoms with Crippen molar-refractivity contribution >= 4 is 36.1 Å². The fourth-order valence-corrected chi connectivity index (χ4v) is 2.96. The first-order valence-corrected chi connectivity index (χ1v) is 6.35. The molecule has 0 bridgehead atoms. The van der Waals surface area contributed by atoms with Gasteiger partial charge in [-0.05, 0) is 0 Å². The molecule has 0 aliphatic rings. The second-order valence-corrected chi connectivity index (χ2v) is 4.98. The van der Waals surface area contributed by atoms with Crippen LogP contribution >= 0.6 is 0 Å². The summed E-state index contributed by atoms with van der Waals surface area (Å²) in [5, 5.41) is 0. The summed E-state index contributed by atoms with van der Waals surface area (Å²) in [6.45, 7) is 0. The Hall–Kier alpha value is -0.821. The number of halogens is 1. The van der Waals surface area contributed by atoms with Crippen molar-refractivity contribution in [2.45, 2.75) is 4.90 Å². The van der Waals surface area contributed by atoms with Gasteiger partial charge in [0.1, 0.15) is 0 Å². The fraction of sp³-hybridized carbons (Fsp3) is 0. The van der Waals surface area contributed by atoms with Gasteiger partial charge in [0, 0.05) is 0 Å². The molecule has 2 aromatic rings. The van der Waals surface area contributed by atoms with Gasteiger partial charge in [-0.15, -0.1) is 0 Å². The van der Waals surface area contributed by atoms with Crippen molar-refractivity contribution in [3.63, 3.8) is 0 Å². The summed E-state index contributed by atoms with van der Waals surface area (Å²) in [7, 11) is -4.36. The van der Waals surface area contributed by atoms with Crippen molar-refractivity contribution in [1.82, 2.24) is 7.96 Å². The summed E-state index contributed by atoms with van der Waals surface area (Å²) < 4.78 is 51.0. The van der Waals surface area contributed by atoms with Crippen molar-refractivity contribution in [2.24, 2.45) is 0 Å². The van der Waals surface area contributed by atoms with Crippen LogP contribution < -0.4 is 0 Å². The Bertz CT molecular complexity index is 594. The molecule has 14 heavy (non-hydrogen) atoms. The van der Waals surface area contributed by atoms with Crippen LogP contribution in [0.1, 0.15) is 0 Å². The van der Waals surface area contributed by atoms with E-state index < -0.39 is 35.8 Å². The number of fused-ring (bicyclic) bond motifs is 1. The van der Waals surface area contributed by atoms with Crippen LogP contribution in [0.4, 0.5) is 4.39 Å². The number of aromatic nitrogens is 2. The van der Waals surface area contributed by atoms with E-state index in [-0.39, 0.29) is 11.0 Å². The molecule has 0 saturated carbocycles. The Labute approximate surface area is 84.5 Å². The molecule has 0 aliphatic carbocycles. The van der Waals surface area contributed by atoms with E-state index in [1.807, 2.05) is 0 Å². The molecular formula is C6H3FN2O3SSe. The van der Waals surface area contributed by atoms with E-state index in [4.69, 9.17) is 4.55 Å². The van der Waals surface area contributed by atoms with Gasteiger partial charge >= 0.3 is 84.3 Å². The third-order valence-corrected chi connectivity index (χ3v) is 3.60. The van der Waals surface area contributed by atoms with E-state index in [2.05, 4.69) is 7.96 Å². The Morgan fingerprint density at radius 2 is 1.93 bits per heavy atom. The van der Waals surface area contributed by atoms with Gasteiger partial charge in [-0.2, -0.15) is 0 Å². The van der Waals surface area contributed by atoms with Crippen LogP contribution in [0.15, 0.2) is 17.0 Å². The van der Waals surface area contributed by atoms with E-state index in [9.17, 15) is 12.8 Å². The average molecular weight is 281 g/mol. The minimum absolute atomic E-state index is 0.0764. The van der Waals surface area contributed by atoms with Crippen LogP contribution in [0.25, 0.3) is 11.0 Å². The second-order valence-electron chi connectivity index (χ2n) is 2.48. The van der Waals surface area contributed by atoms with Gasteiger partial charge in [0.25, 0.3) is 0 Å². The van der Waals surface area contributed by atoms with E-state index in [0.717, 1.165) is 12.1 Å². The van der Waals surface area contributed by atoms with Crippen molar-refractivity contribution in [3.05, 3.63) is 17.9 Å². The van der Waals surface area contributed by atoms with Gasteiger partial charge in [-0.1, -0.05) is 0 Å². The molecule has 0 saturated heterocycles. The molecule has 1 aromatic carbocycles. The van der Waals surface area contributed by atoms with Gasteiger partial charge in [0.05, 0.1) is 0 Å². The number of hydrogen-bond donors (Lipinski definition) is 1. The minimum atomic E-state index is -4.36. The molecule has 0 aliphatic heterocycles. The van der Waals surface area contributed by atoms with Crippen LogP contribution in [0, 0.1) is 5.82 Å².